The highest BCUT2D eigenvalue weighted by atomic mass is 32.1. The van der Waals surface area contributed by atoms with Crippen molar-refractivity contribution in [2.75, 3.05) is 5.32 Å². The summed E-state index contributed by atoms with van der Waals surface area (Å²) in [5, 5.41) is 7.69. The molecule has 4 rings (SSSR count). The van der Waals surface area contributed by atoms with Crippen LogP contribution < -0.4 is 5.32 Å². The number of carbonyl (C=O) groups excluding carboxylic acids is 1. The van der Waals surface area contributed by atoms with E-state index in [1.165, 1.54) is 17.7 Å². The number of rotatable bonds is 4. The van der Waals surface area contributed by atoms with Gasteiger partial charge in [0.05, 0.1) is 17.6 Å². The van der Waals surface area contributed by atoms with Gasteiger partial charge in [0.15, 0.2) is 10.8 Å². The number of aromatic nitrogens is 4. The Morgan fingerprint density at radius 3 is 2.88 bits per heavy atom. The smallest absolute Gasteiger partial charge is 0.275 e. The van der Waals surface area contributed by atoms with E-state index in [9.17, 15) is 4.79 Å². The highest BCUT2D eigenvalue weighted by molar-refractivity contribution is 7.15. The molecule has 0 bridgehead atoms. The first-order chi connectivity index (χ1) is 12.2. The minimum Gasteiger partial charge on any atom is -0.462 e. The lowest BCUT2D eigenvalue weighted by Crippen LogP contribution is -2.15. The summed E-state index contributed by atoms with van der Waals surface area (Å²) in [4.78, 5) is 21.9. The van der Waals surface area contributed by atoms with E-state index >= 15 is 0 Å². The van der Waals surface area contributed by atoms with Crippen molar-refractivity contribution >= 4 is 22.9 Å². The number of furan rings is 1. The third-order valence-corrected chi connectivity index (χ3v) is 4.55. The molecule has 8 heteroatoms. The molecule has 25 heavy (non-hydrogen) atoms. The van der Waals surface area contributed by atoms with Gasteiger partial charge in [0.25, 0.3) is 5.91 Å². The van der Waals surface area contributed by atoms with Crippen LogP contribution >= 0.6 is 11.3 Å². The molecule has 0 aliphatic rings. The van der Waals surface area contributed by atoms with Crippen molar-refractivity contribution in [2.24, 2.45) is 0 Å². The van der Waals surface area contributed by atoms with Gasteiger partial charge in [-0.15, -0.1) is 11.3 Å². The summed E-state index contributed by atoms with van der Waals surface area (Å²) in [6, 6.07) is 11.0. The van der Waals surface area contributed by atoms with Crippen molar-refractivity contribution in [1.29, 1.82) is 0 Å². The number of carbonyl (C=O) groups is 1. The number of thiazole rings is 1. The van der Waals surface area contributed by atoms with Gasteiger partial charge in [-0.3, -0.25) is 4.79 Å². The Balaban J connectivity index is 1.64. The average Bonchev–Trinajstić information content (AvgIpc) is 3.37. The van der Waals surface area contributed by atoms with Crippen LogP contribution in [0.1, 0.15) is 15.4 Å². The van der Waals surface area contributed by atoms with Crippen molar-refractivity contribution < 1.29 is 9.21 Å². The summed E-state index contributed by atoms with van der Waals surface area (Å²) in [6.07, 6.45) is 4.60. The first kappa shape index (κ1) is 15.3. The van der Waals surface area contributed by atoms with Crippen LogP contribution in [0.5, 0.6) is 0 Å². The van der Waals surface area contributed by atoms with Crippen LogP contribution in [0, 0.1) is 6.92 Å². The fourth-order valence-electron chi connectivity index (χ4n) is 2.41. The number of hydrogen-bond donors (Lipinski definition) is 1. The minimum atomic E-state index is -0.279. The van der Waals surface area contributed by atoms with Gasteiger partial charge in [-0.2, -0.15) is 5.10 Å². The molecule has 0 spiro atoms. The second-order valence-corrected chi connectivity index (χ2v) is 6.42. The van der Waals surface area contributed by atoms with Crippen LogP contribution in [0.15, 0.2) is 59.7 Å². The lowest BCUT2D eigenvalue weighted by molar-refractivity contribution is 0.102. The number of hydrogen-bond acceptors (Lipinski definition) is 6. The molecule has 1 N–H and O–H groups in total. The Labute approximate surface area is 147 Å². The second-order valence-electron chi connectivity index (χ2n) is 5.21. The number of nitrogens with one attached hydrogen (secondary N) is 1. The number of nitrogens with zero attached hydrogens (tertiary/aromatic N) is 4. The SMILES string of the molecule is Cc1sc(-c2ccco2)nc1C(=O)Nc1ccccc1-n1cncn1. The van der Waals surface area contributed by atoms with E-state index in [1.54, 1.807) is 23.3 Å². The topological polar surface area (TPSA) is 85.8 Å². The monoisotopic (exact) mass is 351 g/mol. The molecule has 1 amide bonds. The summed E-state index contributed by atoms with van der Waals surface area (Å²) in [5.41, 5.74) is 1.74. The zero-order chi connectivity index (χ0) is 17.2. The summed E-state index contributed by atoms with van der Waals surface area (Å²) < 4.78 is 6.95. The molecule has 0 radical (unpaired) electrons. The van der Waals surface area contributed by atoms with Gasteiger partial charge in [-0.25, -0.2) is 14.6 Å². The van der Waals surface area contributed by atoms with Crippen LogP contribution in [0.2, 0.25) is 0 Å². The largest absolute Gasteiger partial charge is 0.462 e. The van der Waals surface area contributed by atoms with Gasteiger partial charge < -0.3 is 9.73 Å². The maximum absolute atomic E-state index is 12.7. The van der Waals surface area contributed by atoms with E-state index in [2.05, 4.69) is 20.4 Å². The lowest BCUT2D eigenvalue weighted by Gasteiger charge is -2.09. The van der Waals surface area contributed by atoms with Crippen molar-refractivity contribution in [3.8, 4) is 16.5 Å². The minimum absolute atomic E-state index is 0.279. The summed E-state index contributed by atoms with van der Waals surface area (Å²) in [7, 11) is 0. The fraction of sp³-hybridized carbons (Fsp3) is 0.0588. The molecule has 0 unspecified atom stereocenters. The van der Waals surface area contributed by atoms with E-state index in [0.29, 0.717) is 22.1 Å². The summed E-state index contributed by atoms with van der Waals surface area (Å²) in [5.74, 6) is 0.370. The van der Waals surface area contributed by atoms with E-state index in [0.717, 1.165) is 10.6 Å². The van der Waals surface area contributed by atoms with Gasteiger partial charge in [0, 0.05) is 4.88 Å². The Morgan fingerprint density at radius 1 is 1.24 bits per heavy atom. The van der Waals surface area contributed by atoms with Crippen LogP contribution in [0.25, 0.3) is 16.5 Å². The number of benzene rings is 1. The molecule has 0 saturated heterocycles. The van der Waals surface area contributed by atoms with Gasteiger partial charge in [0.1, 0.15) is 18.3 Å². The van der Waals surface area contributed by atoms with Crippen molar-refractivity contribution in [3.63, 3.8) is 0 Å². The highest BCUT2D eigenvalue weighted by Gasteiger charge is 2.19. The molecule has 124 valence electrons. The van der Waals surface area contributed by atoms with Crippen molar-refractivity contribution in [1.82, 2.24) is 19.7 Å². The predicted octanol–water partition coefficient (Wildman–Crippen LogP) is 3.54. The van der Waals surface area contributed by atoms with Crippen LogP contribution in [-0.2, 0) is 0 Å². The third-order valence-electron chi connectivity index (χ3n) is 3.56. The third kappa shape index (κ3) is 2.94. The zero-order valence-corrected chi connectivity index (χ0v) is 14.0. The number of aryl methyl sites for hydroxylation is 1. The van der Waals surface area contributed by atoms with Gasteiger partial charge >= 0.3 is 0 Å². The molecular formula is C17H13N5O2S. The quantitative estimate of drug-likeness (QED) is 0.608. The van der Waals surface area contributed by atoms with E-state index in [1.807, 2.05) is 37.3 Å². The Morgan fingerprint density at radius 2 is 2.12 bits per heavy atom. The molecule has 0 fully saturated rings. The van der Waals surface area contributed by atoms with Crippen LogP contribution in [0.3, 0.4) is 0 Å². The maximum atomic E-state index is 12.7. The molecule has 7 nitrogen and oxygen atoms in total. The van der Waals surface area contributed by atoms with Gasteiger partial charge in [0.2, 0.25) is 0 Å². The first-order valence-corrected chi connectivity index (χ1v) is 8.31. The predicted molar refractivity (Wildman–Crippen MR) is 93.9 cm³/mol. The van der Waals surface area contributed by atoms with Crippen molar-refractivity contribution in [2.45, 2.75) is 6.92 Å². The van der Waals surface area contributed by atoms with E-state index in [-0.39, 0.29) is 5.91 Å². The molecule has 0 aliphatic carbocycles. The molecule has 3 heterocycles. The van der Waals surface area contributed by atoms with Crippen LogP contribution in [-0.4, -0.2) is 25.7 Å². The number of anilines is 1. The first-order valence-electron chi connectivity index (χ1n) is 7.49. The average molecular weight is 351 g/mol. The molecule has 0 aliphatic heterocycles. The molecule has 3 aromatic heterocycles. The molecule has 4 aromatic rings. The summed E-state index contributed by atoms with van der Waals surface area (Å²) in [6.45, 7) is 1.86. The normalized spacial score (nSPS) is 10.8. The van der Waals surface area contributed by atoms with Crippen molar-refractivity contribution in [3.05, 3.63) is 65.9 Å². The van der Waals surface area contributed by atoms with Crippen LogP contribution in [0.4, 0.5) is 5.69 Å². The Hall–Kier alpha value is -3.26. The second kappa shape index (κ2) is 6.33. The van der Waals surface area contributed by atoms with E-state index < -0.39 is 0 Å². The Kier molecular flexibility index (Phi) is 3.87. The number of amides is 1. The standard InChI is InChI=1S/C17H13N5O2S/c1-11-15(21-17(25-11)14-7-4-8-24-14)16(23)20-12-5-2-3-6-13(12)22-10-18-9-19-22/h2-10H,1H3,(H,20,23). The zero-order valence-electron chi connectivity index (χ0n) is 13.2. The Bertz CT molecular complexity index is 1010. The molecule has 0 atom stereocenters. The van der Waals surface area contributed by atoms with Gasteiger partial charge in [-0.05, 0) is 31.2 Å². The highest BCUT2D eigenvalue weighted by Crippen LogP contribution is 2.28. The molecule has 1 aromatic carbocycles. The molecule has 0 saturated carbocycles. The molecular weight excluding hydrogens is 338 g/mol. The summed E-state index contributed by atoms with van der Waals surface area (Å²) >= 11 is 1.42. The maximum Gasteiger partial charge on any atom is 0.275 e. The lowest BCUT2D eigenvalue weighted by atomic mass is 10.2. The van der Waals surface area contributed by atoms with E-state index in [4.69, 9.17) is 4.42 Å². The van der Waals surface area contributed by atoms with Gasteiger partial charge in [-0.1, -0.05) is 12.1 Å². The fourth-order valence-corrected chi connectivity index (χ4v) is 3.28. The number of para-hydroxylation sites is 2.